The summed E-state index contributed by atoms with van der Waals surface area (Å²) in [5.41, 5.74) is 7.75. The molecule has 1 heterocycles. The molecule has 0 saturated heterocycles. The number of halogens is 1. The average Bonchev–Trinajstić information content (AvgIpc) is 2.59. The second-order valence-corrected chi connectivity index (χ2v) is 4.98. The number of rotatable bonds is 4. The van der Waals surface area contributed by atoms with Gasteiger partial charge in [-0.3, -0.25) is 9.48 Å². The molecule has 0 aliphatic carbocycles. The minimum atomic E-state index is -0.147. The Morgan fingerprint density at radius 2 is 1.95 bits per heavy atom. The Balaban J connectivity index is 2.48. The van der Waals surface area contributed by atoms with Gasteiger partial charge in [0.25, 0.3) is 5.56 Å². The largest absolute Gasteiger partial charge is 0.393 e. The van der Waals surface area contributed by atoms with E-state index in [-0.39, 0.29) is 5.56 Å². The monoisotopic (exact) mass is 279 g/mol. The van der Waals surface area contributed by atoms with Crippen molar-refractivity contribution in [2.45, 2.75) is 33.4 Å². The highest BCUT2D eigenvalue weighted by Gasteiger charge is 2.14. The van der Waals surface area contributed by atoms with E-state index in [0.717, 1.165) is 24.2 Å². The van der Waals surface area contributed by atoms with E-state index in [0.29, 0.717) is 17.3 Å². The van der Waals surface area contributed by atoms with Crippen LogP contribution in [0.15, 0.2) is 29.1 Å². The molecule has 2 aromatic rings. The van der Waals surface area contributed by atoms with Crippen molar-refractivity contribution in [2.75, 3.05) is 5.73 Å². The zero-order chi connectivity index (χ0) is 14.0. The van der Waals surface area contributed by atoms with Crippen LogP contribution in [0, 0.1) is 6.92 Å². The fourth-order valence-electron chi connectivity index (χ4n) is 2.17. The number of hydrogen-bond acceptors (Lipinski definition) is 2. The third-order valence-electron chi connectivity index (χ3n) is 3.25. The molecule has 0 radical (unpaired) electrons. The number of nitrogen functional groups attached to an aromatic ring is 1. The molecule has 0 saturated carbocycles. The minimum absolute atomic E-state index is 0.147. The molecule has 0 amide bonds. The topological polar surface area (TPSA) is 52.9 Å². The van der Waals surface area contributed by atoms with Gasteiger partial charge in [0.1, 0.15) is 5.69 Å². The second kappa shape index (κ2) is 5.53. The number of aromatic nitrogens is 2. The Labute approximate surface area is 117 Å². The molecule has 2 rings (SSSR count). The van der Waals surface area contributed by atoms with Gasteiger partial charge in [0.2, 0.25) is 0 Å². The molecule has 4 nitrogen and oxygen atoms in total. The Hall–Kier alpha value is -1.68. The van der Waals surface area contributed by atoms with Crippen molar-refractivity contribution in [1.82, 2.24) is 9.36 Å². The van der Waals surface area contributed by atoms with Gasteiger partial charge in [-0.25, -0.2) is 4.68 Å². The second-order valence-electron chi connectivity index (χ2n) is 4.58. The lowest BCUT2D eigenvalue weighted by Gasteiger charge is -2.13. The smallest absolute Gasteiger partial charge is 0.290 e. The molecule has 0 spiro atoms. The Kier molecular flexibility index (Phi) is 4.00. The van der Waals surface area contributed by atoms with Crippen LogP contribution in [0.25, 0.3) is 0 Å². The summed E-state index contributed by atoms with van der Waals surface area (Å²) in [5, 5.41) is 0.662. The lowest BCUT2D eigenvalue weighted by atomic mass is 10.2. The van der Waals surface area contributed by atoms with Crippen molar-refractivity contribution in [3.63, 3.8) is 0 Å². The number of nitrogens with zero attached hydrogens (tertiary/aromatic N) is 2. The zero-order valence-electron chi connectivity index (χ0n) is 11.2. The third kappa shape index (κ3) is 2.54. The van der Waals surface area contributed by atoms with E-state index < -0.39 is 0 Å². The number of nitrogens with two attached hydrogens (primary N) is 1. The molecule has 102 valence electrons. The maximum absolute atomic E-state index is 12.2. The van der Waals surface area contributed by atoms with Crippen molar-refractivity contribution >= 4 is 17.3 Å². The van der Waals surface area contributed by atoms with E-state index in [1.54, 1.807) is 4.68 Å². The van der Waals surface area contributed by atoms with Gasteiger partial charge in [-0.15, -0.1) is 0 Å². The van der Waals surface area contributed by atoms with Gasteiger partial charge in [0.15, 0.2) is 0 Å². The quantitative estimate of drug-likeness (QED) is 0.935. The first-order valence-electron chi connectivity index (χ1n) is 6.35. The van der Waals surface area contributed by atoms with E-state index in [9.17, 15) is 4.79 Å². The maximum atomic E-state index is 12.2. The summed E-state index contributed by atoms with van der Waals surface area (Å²) in [5.74, 6) is 0. The summed E-state index contributed by atoms with van der Waals surface area (Å²) in [6, 6.07) is 7.53. The van der Waals surface area contributed by atoms with E-state index in [2.05, 4.69) is 6.92 Å². The zero-order valence-corrected chi connectivity index (χ0v) is 11.9. The van der Waals surface area contributed by atoms with Gasteiger partial charge < -0.3 is 5.73 Å². The maximum Gasteiger partial charge on any atom is 0.290 e. The van der Waals surface area contributed by atoms with E-state index >= 15 is 0 Å². The minimum Gasteiger partial charge on any atom is -0.393 e. The predicted octanol–water partition coefficient (Wildman–Crippen LogP) is 2.65. The van der Waals surface area contributed by atoms with Crippen LogP contribution in [0.2, 0.25) is 5.02 Å². The molecule has 0 atom stereocenters. The van der Waals surface area contributed by atoms with Gasteiger partial charge in [0, 0.05) is 11.6 Å². The molecule has 0 aliphatic rings. The van der Waals surface area contributed by atoms with Gasteiger partial charge in [-0.2, -0.15) is 0 Å². The summed E-state index contributed by atoms with van der Waals surface area (Å²) in [4.78, 5) is 12.2. The first-order valence-corrected chi connectivity index (χ1v) is 6.73. The van der Waals surface area contributed by atoms with Crippen LogP contribution < -0.4 is 11.3 Å². The summed E-state index contributed by atoms with van der Waals surface area (Å²) < 4.78 is 3.59. The van der Waals surface area contributed by atoms with Crippen LogP contribution in [0.1, 0.15) is 24.6 Å². The molecule has 5 heteroatoms. The van der Waals surface area contributed by atoms with Crippen LogP contribution in [0.4, 0.5) is 5.69 Å². The lowest BCUT2D eigenvalue weighted by molar-refractivity contribution is 0.457. The molecular weight excluding hydrogens is 262 g/mol. The highest BCUT2D eigenvalue weighted by atomic mass is 35.5. The average molecular weight is 280 g/mol. The number of hydrogen-bond donors (Lipinski definition) is 1. The van der Waals surface area contributed by atoms with Crippen LogP contribution in [-0.4, -0.2) is 9.36 Å². The number of benzene rings is 1. The van der Waals surface area contributed by atoms with Gasteiger partial charge in [0.05, 0.1) is 12.2 Å². The van der Waals surface area contributed by atoms with Crippen LogP contribution >= 0.6 is 11.6 Å². The van der Waals surface area contributed by atoms with E-state index in [1.807, 2.05) is 35.9 Å². The molecular formula is C14H18ClN3O. The first kappa shape index (κ1) is 13.7. The van der Waals surface area contributed by atoms with Crippen molar-refractivity contribution in [2.24, 2.45) is 0 Å². The molecule has 19 heavy (non-hydrogen) atoms. The van der Waals surface area contributed by atoms with Crippen molar-refractivity contribution < 1.29 is 0 Å². The highest BCUT2D eigenvalue weighted by Crippen LogP contribution is 2.17. The molecule has 0 bridgehead atoms. The molecule has 2 N–H and O–H groups in total. The SMILES string of the molecule is CCCn1c(C)c(N)c(=O)n1Cc1ccccc1Cl. The third-order valence-corrected chi connectivity index (χ3v) is 3.62. The fraction of sp³-hybridized carbons (Fsp3) is 0.357. The fourth-order valence-corrected chi connectivity index (χ4v) is 2.36. The number of anilines is 1. The summed E-state index contributed by atoms with van der Waals surface area (Å²) >= 11 is 6.15. The van der Waals surface area contributed by atoms with E-state index in [1.165, 1.54) is 0 Å². The van der Waals surface area contributed by atoms with Crippen LogP contribution in [-0.2, 0) is 13.1 Å². The summed E-state index contributed by atoms with van der Waals surface area (Å²) in [7, 11) is 0. The highest BCUT2D eigenvalue weighted by molar-refractivity contribution is 6.31. The van der Waals surface area contributed by atoms with E-state index in [4.69, 9.17) is 17.3 Å². The van der Waals surface area contributed by atoms with Crippen LogP contribution in [0.3, 0.4) is 0 Å². The Morgan fingerprint density at radius 1 is 1.26 bits per heavy atom. The molecule has 0 fully saturated rings. The molecule has 0 aliphatic heterocycles. The first-order chi connectivity index (χ1) is 9.06. The predicted molar refractivity (Wildman–Crippen MR) is 78.7 cm³/mol. The van der Waals surface area contributed by atoms with Crippen molar-refractivity contribution in [1.29, 1.82) is 0 Å². The molecule has 0 unspecified atom stereocenters. The van der Waals surface area contributed by atoms with Gasteiger partial charge >= 0.3 is 0 Å². The standard InChI is InChI=1S/C14H18ClN3O/c1-3-8-17-10(2)13(16)14(19)18(17)9-11-6-4-5-7-12(11)15/h4-7H,3,8-9,16H2,1-2H3. The van der Waals surface area contributed by atoms with Crippen LogP contribution in [0.5, 0.6) is 0 Å². The Bertz CT molecular complexity index is 643. The van der Waals surface area contributed by atoms with Crippen molar-refractivity contribution in [3.05, 3.63) is 50.9 Å². The van der Waals surface area contributed by atoms with Gasteiger partial charge in [-0.1, -0.05) is 36.7 Å². The summed E-state index contributed by atoms with van der Waals surface area (Å²) in [6.07, 6.45) is 0.941. The van der Waals surface area contributed by atoms with Gasteiger partial charge in [-0.05, 0) is 25.0 Å². The Morgan fingerprint density at radius 3 is 2.58 bits per heavy atom. The molecule has 1 aromatic heterocycles. The summed E-state index contributed by atoms with van der Waals surface area (Å²) in [6.45, 7) is 5.15. The lowest BCUT2D eigenvalue weighted by Crippen LogP contribution is -2.25. The normalized spacial score (nSPS) is 10.9. The van der Waals surface area contributed by atoms with Crippen molar-refractivity contribution in [3.8, 4) is 0 Å². The molecule has 1 aromatic carbocycles.